The van der Waals surface area contributed by atoms with Gasteiger partial charge in [0.05, 0.1) is 12.2 Å². The van der Waals surface area contributed by atoms with E-state index in [1.165, 1.54) is 17.4 Å². The zero-order chi connectivity index (χ0) is 25.5. The van der Waals surface area contributed by atoms with Crippen LogP contribution < -0.4 is 14.8 Å². The molecule has 1 aromatic heterocycles. The highest BCUT2D eigenvalue weighted by molar-refractivity contribution is 14.1. The van der Waals surface area contributed by atoms with Crippen LogP contribution in [0.25, 0.3) is 6.08 Å². The Bertz CT molecular complexity index is 1380. The molecule has 8 heteroatoms. The van der Waals surface area contributed by atoms with Crippen molar-refractivity contribution < 1.29 is 14.3 Å². The normalized spacial score (nSPS) is 12.7. The number of carbonyl (C=O) groups excluding carboxylic acids is 1. The predicted octanol–water partition coefficient (Wildman–Crippen LogP) is 6.63. The first-order chi connectivity index (χ1) is 17.5. The topological polar surface area (TPSA) is 95.1 Å². The largest absolute Gasteiger partial charge is 0.490 e. The fourth-order valence-electron chi connectivity index (χ4n) is 4.00. The maximum Gasteiger partial charge on any atom is 0.266 e. The van der Waals surface area contributed by atoms with E-state index in [4.69, 9.17) is 9.47 Å². The molecule has 0 spiro atoms. The Hall–Kier alpha value is -3.34. The first kappa shape index (κ1) is 25.7. The second-order valence-electron chi connectivity index (χ2n) is 8.21. The highest BCUT2D eigenvalue weighted by atomic mass is 127. The van der Waals surface area contributed by atoms with Crippen molar-refractivity contribution in [2.45, 2.75) is 39.2 Å². The number of halogens is 1. The number of hydrogen-bond donors (Lipinski definition) is 1. The zero-order valence-electron chi connectivity index (χ0n) is 19.8. The first-order valence-electron chi connectivity index (χ1n) is 11.6. The van der Waals surface area contributed by atoms with Gasteiger partial charge in [-0.15, -0.1) is 11.3 Å². The third-order valence-corrected chi connectivity index (χ3v) is 7.69. The summed E-state index contributed by atoms with van der Waals surface area (Å²) in [7, 11) is 0. The Morgan fingerprint density at radius 2 is 1.89 bits per heavy atom. The van der Waals surface area contributed by atoms with Crippen LogP contribution in [0.15, 0.2) is 48.0 Å². The molecule has 0 saturated carbocycles. The van der Waals surface area contributed by atoms with Crippen LogP contribution in [-0.4, -0.2) is 12.5 Å². The summed E-state index contributed by atoms with van der Waals surface area (Å²) in [4.78, 5) is 14.1. The van der Waals surface area contributed by atoms with E-state index >= 15 is 0 Å². The molecule has 1 aliphatic carbocycles. The molecule has 1 heterocycles. The SMILES string of the molecule is CCOc1cc(/C=C(\C#N)C(=O)Nc2sc3c(c2C#N)CCCC3)ccc1OCc1ccc(I)cc1. The minimum Gasteiger partial charge on any atom is -0.490 e. The van der Waals surface area contributed by atoms with Crippen LogP contribution in [0.1, 0.15) is 46.9 Å². The molecule has 36 heavy (non-hydrogen) atoms. The van der Waals surface area contributed by atoms with Crippen molar-refractivity contribution in [1.82, 2.24) is 0 Å². The molecule has 0 atom stereocenters. The van der Waals surface area contributed by atoms with E-state index in [9.17, 15) is 15.3 Å². The Kier molecular flexibility index (Phi) is 8.63. The lowest BCUT2D eigenvalue weighted by molar-refractivity contribution is -0.112. The highest BCUT2D eigenvalue weighted by Crippen LogP contribution is 2.38. The molecule has 0 aliphatic heterocycles. The van der Waals surface area contributed by atoms with Crippen molar-refractivity contribution in [3.8, 4) is 23.6 Å². The lowest BCUT2D eigenvalue weighted by atomic mass is 9.96. The van der Waals surface area contributed by atoms with Crippen molar-refractivity contribution in [2.24, 2.45) is 0 Å². The number of nitrogens with one attached hydrogen (secondary N) is 1. The Morgan fingerprint density at radius 3 is 2.61 bits per heavy atom. The van der Waals surface area contributed by atoms with Crippen LogP contribution in [0.3, 0.4) is 0 Å². The van der Waals surface area contributed by atoms with E-state index in [-0.39, 0.29) is 5.57 Å². The van der Waals surface area contributed by atoms with Crippen molar-refractivity contribution in [1.29, 1.82) is 10.5 Å². The average molecular weight is 609 g/mol. The van der Waals surface area contributed by atoms with Gasteiger partial charge in [0, 0.05) is 8.45 Å². The molecule has 1 N–H and O–H groups in total. The maximum atomic E-state index is 12.9. The molecule has 0 saturated heterocycles. The summed E-state index contributed by atoms with van der Waals surface area (Å²) in [6.07, 6.45) is 5.41. The van der Waals surface area contributed by atoms with E-state index < -0.39 is 5.91 Å². The van der Waals surface area contributed by atoms with Gasteiger partial charge in [0.1, 0.15) is 29.3 Å². The molecule has 3 aromatic rings. The van der Waals surface area contributed by atoms with Gasteiger partial charge in [-0.25, -0.2) is 0 Å². The highest BCUT2D eigenvalue weighted by Gasteiger charge is 2.22. The smallest absolute Gasteiger partial charge is 0.266 e. The standard InChI is InChI=1S/C28H24IN3O3S/c1-2-34-25-14-19(9-12-24(25)35-17-18-7-10-21(29)11-8-18)13-20(15-30)27(33)32-28-23(16-31)22-5-3-4-6-26(22)36-28/h7-14H,2-6,17H2,1H3,(H,32,33)/b20-13+. The molecule has 2 aromatic carbocycles. The van der Waals surface area contributed by atoms with Gasteiger partial charge >= 0.3 is 0 Å². The van der Waals surface area contributed by atoms with Crippen molar-refractivity contribution in [3.63, 3.8) is 0 Å². The molecule has 1 aliphatic rings. The number of benzene rings is 2. The third-order valence-electron chi connectivity index (χ3n) is 5.76. The minimum atomic E-state index is -0.537. The number of fused-ring (bicyclic) bond motifs is 1. The summed E-state index contributed by atoms with van der Waals surface area (Å²) in [5.74, 6) is 0.579. The lowest BCUT2D eigenvalue weighted by Crippen LogP contribution is -2.13. The molecule has 0 unspecified atom stereocenters. The number of thiophene rings is 1. The molecule has 6 nitrogen and oxygen atoms in total. The Morgan fingerprint density at radius 1 is 1.11 bits per heavy atom. The quantitative estimate of drug-likeness (QED) is 0.176. The number of hydrogen-bond acceptors (Lipinski definition) is 6. The van der Waals surface area contributed by atoms with Gasteiger partial charge in [-0.05, 0) is 102 Å². The summed E-state index contributed by atoms with van der Waals surface area (Å²) in [5, 5.41) is 22.6. The summed E-state index contributed by atoms with van der Waals surface area (Å²) >= 11 is 3.70. The number of carbonyl (C=O) groups is 1. The van der Waals surface area contributed by atoms with Crippen LogP contribution >= 0.6 is 33.9 Å². The first-order valence-corrected chi connectivity index (χ1v) is 13.5. The summed E-state index contributed by atoms with van der Waals surface area (Å²) < 4.78 is 12.9. The molecule has 0 radical (unpaired) electrons. The number of anilines is 1. The maximum absolute atomic E-state index is 12.9. The third kappa shape index (κ3) is 6.07. The summed E-state index contributed by atoms with van der Waals surface area (Å²) in [6.45, 7) is 2.72. The fraction of sp³-hybridized carbons (Fsp3) is 0.250. The molecule has 0 fully saturated rings. The molecular weight excluding hydrogens is 585 g/mol. The van der Waals surface area contributed by atoms with E-state index in [1.54, 1.807) is 18.2 Å². The predicted molar refractivity (Wildman–Crippen MR) is 149 cm³/mol. The second kappa shape index (κ2) is 12.1. The van der Waals surface area contributed by atoms with Crippen molar-refractivity contribution in [3.05, 3.63) is 78.7 Å². The Labute approximate surface area is 228 Å². The number of rotatable bonds is 8. The monoisotopic (exact) mass is 609 g/mol. The number of amides is 1. The molecule has 4 rings (SSSR count). The van der Waals surface area contributed by atoms with Crippen LogP contribution in [0.2, 0.25) is 0 Å². The van der Waals surface area contributed by atoms with Crippen LogP contribution in [0.4, 0.5) is 5.00 Å². The van der Waals surface area contributed by atoms with Gasteiger partial charge in [-0.3, -0.25) is 4.79 Å². The number of aryl methyl sites for hydroxylation is 1. The van der Waals surface area contributed by atoms with Gasteiger partial charge in [-0.1, -0.05) is 18.2 Å². The van der Waals surface area contributed by atoms with E-state index in [0.29, 0.717) is 40.8 Å². The number of nitriles is 2. The Balaban J connectivity index is 1.52. The van der Waals surface area contributed by atoms with Crippen LogP contribution in [0.5, 0.6) is 11.5 Å². The summed E-state index contributed by atoms with van der Waals surface area (Å²) in [6, 6.07) is 17.6. The van der Waals surface area contributed by atoms with Crippen molar-refractivity contribution in [2.75, 3.05) is 11.9 Å². The van der Waals surface area contributed by atoms with Crippen molar-refractivity contribution >= 4 is 50.9 Å². The number of nitrogens with zero attached hydrogens (tertiary/aromatic N) is 2. The average Bonchev–Trinajstić information content (AvgIpc) is 3.24. The molecular formula is C28H24IN3O3S. The van der Waals surface area contributed by atoms with E-state index in [1.807, 2.05) is 37.3 Å². The summed E-state index contributed by atoms with van der Waals surface area (Å²) in [5.41, 5.74) is 3.18. The minimum absolute atomic E-state index is 0.0553. The molecule has 1 amide bonds. The van der Waals surface area contributed by atoms with Crippen LogP contribution in [0, 0.1) is 26.2 Å². The van der Waals surface area contributed by atoms with Crippen LogP contribution in [-0.2, 0) is 24.2 Å². The van der Waals surface area contributed by atoms with Gasteiger partial charge in [0.2, 0.25) is 0 Å². The second-order valence-corrected chi connectivity index (χ2v) is 10.6. The molecule has 182 valence electrons. The van der Waals surface area contributed by atoms with Gasteiger partial charge in [0.15, 0.2) is 11.5 Å². The van der Waals surface area contributed by atoms with E-state index in [2.05, 4.69) is 34.0 Å². The van der Waals surface area contributed by atoms with Gasteiger partial charge < -0.3 is 14.8 Å². The van der Waals surface area contributed by atoms with E-state index in [0.717, 1.165) is 45.3 Å². The van der Waals surface area contributed by atoms with Gasteiger partial charge in [0.25, 0.3) is 5.91 Å². The molecule has 0 bridgehead atoms. The zero-order valence-corrected chi connectivity index (χ0v) is 22.7. The lowest BCUT2D eigenvalue weighted by Gasteiger charge is -2.13. The fourth-order valence-corrected chi connectivity index (χ4v) is 5.60. The van der Waals surface area contributed by atoms with Gasteiger partial charge in [-0.2, -0.15) is 10.5 Å². The number of ether oxygens (including phenoxy) is 2.